The second-order valence-electron chi connectivity index (χ2n) is 8.58. The molecule has 0 spiro atoms. The van der Waals surface area contributed by atoms with Gasteiger partial charge in [-0.15, -0.1) is 0 Å². The number of hydrogen-bond acceptors (Lipinski definition) is 6. The number of carbonyl (C=O) groups is 1. The van der Waals surface area contributed by atoms with Crippen molar-refractivity contribution in [1.82, 2.24) is 15.2 Å². The molecule has 9 nitrogen and oxygen atoms in total. The number of aromatic nitrogens is 2. The number of nitrogens with zero attached hydrogens (tertiary/aromatic N) is 4. The highest BCUT2D eigenvalue weighted by atomic mass is 35.5. The Morgan fingerprint density at radius 3 is 2.36 bits per heavy atom. The van der Waals surface area contributed by atoms with Crippen LogP contribution in [-0.4, -0.2) is 43.5 Å². The lowest BCUT2D eigenvalue weighted by atomic mass is 10.2. The third-order valence-electron chi connectivity index (χ3n) is 5.83. The number of para-hydroxylation sites is 1. The van der Waals surface area contributed by atoms with Crippen molar-refractivity contribution < 1.29 is 17.9 Å². The van der Waals surface area contributed by atoms with Gasteiger partial charge in [-0.3, -0.25) is 9.10 Å². The molecular weight excluding hydrogens is 538 g/mol. The fraction of sp³-hybridized carbons (Fsp3) is 0.179. The lowest BCUT2D eigenvalue weighted by Crippen LogP contribution is -2.39. The van der Waals surface area contributed by atoms with E-state index in [9.17, 15) is 13.2 Å². The summed E-state index contributed by atoms with van der Waals surface area (Å²) >= 11 is 6.32. The van der Waals surface area contributed by atoms with E-state index in [1.54, 1.807) is 41.1 Å². The monoisotopic (exact) mass is 565 g/mol. The van der Waals surface area contributed by atoms with Crippen LogP contribution in [0.4, 0.5) is 5.69 Å². The van der Waals surface area contributed by atoms with Gasteiger partial charge in [-0.05, 0) is 69.3 Å². The Hall–Kier alpha value is -4.15. The molecule has 0 bridgehead atoms. The van der Waals surface area contributed by atoms with Crippen LogP contribution in [0, 0.1) is 13.8 Å². The third-order valence-corrected chi connectivity index (χ3v) is 7.90. The molecule has 1 amide bonds. The van der Waals surface area contributed by atoms with Crippen LogP contribution in [0.15, 0.2) is 88.9 Å². The molecule has 4 aromatic rings. The van der Waals surface area contributed by atoms with Gasteiger partial charge < -0.3 is 4.74 Å². The molecule has 0 aliphatic carbocycles. The second-order valence-corrected chi connectivity index (χ2v) is 10.8. The van der Waals surface area contributed by atoms with Crippen molar-refractivity contribution in [1.29, 1.82) is 0 Å². The lowest BCUT2D eigenvalue weighted by molar-refractivity contribution is -0.119. The van der Waals surface area contributed by atoms with E-state index in [4.69, 9.17) is 16.3 Å². The number of amides is 1. The highest BCUT2D eigenvalue weighted by molar-refractivity contribution is 7.92. The Bertz CT molecular complexity index is 1570. The quantitative estimate of drug-likeness (QED) is 0.218. The first-order chi connectivity index (χ1) is 18.7. The van der Waals surface area contributed by atoms with Crippen LogP contribution in [0.25, 0.3) is 5.69 Å². The molecule has 0 fully saturated rings. The summed E-state index contributed by atoms with van der Waals surface area (Å²) in [5, 5.41) is 8.57. The minimum Gasteiger partial charge on any atom is -0.494 e. The highest BCUT2D eigenvalue weighted by Gasteiger charge is 2.27. The summed E-state index contributed by atoms with van der Waals surface area (Å²) in [6, 6.07) is 22.4. The number of hydrazone groups is 1. The Morgan fingerprint density at radius 2 is 1.72 bits per heavy atom. The number of halogens is 1. The summed E-state index contributed by atoms with van der Waals surface area (Å²) in [6.07, 6.45) is 1.39. The van der Waals surface area contributed by atoms with Gasteiger partial charge in [0.15, 0.2) is 5.15 Å². The van der Waals surface area contributed by atoms with E-state index in [0.29, 0.717) is 23.6 Å². The number of hydrogen-bond donors (Lipinski definition) is 1. The molecule has 0 aliphatic heterocycles. The molecule has 0 atom stereocenters. The van der Waals surface area contributed by atoms with Crippen LogP contribution >= 0.6 is 11.6 Å². The summed E-state index contributed by atoms with van der Waals surface area (Å²) in [5.74, 6) is -0.0497. The molecule has 3 aromatic carbocycles. The fourth-order valence-corrected chi connectivity index (χ4v) is 5.49. The van der Waals surface area contributed by atoms with E-state index < -0.39 is 22.5 Å². The molecule has 0 saturated carbocycles. The van der Waals surface area contributed by atoms with Crippen LogP contribution < -0.4 is 14.5 Å². The zero-order chi connectivity index (χ0) is 28.0. The minimum atomic E-state index is -4.06. The number of sulfonamides is 1. The number of carbonyl (C=O) groups excluding carboxylic acids is 1. The zero-order valence-corrected chi connectivity index (χ0v) is 23.3. The summed E-state index contributed by atoms with van der Waals surface area (Å²) < 4.78 is 35.3. The van der Waals surface area contributed by atoms with Crippen molar-refractivity contribution in [2.45, 2.75) is 25.7 Å². The number of nitrogens with one attached hydrogen (secondary N) is 1. The van der Waals surface area contributed by atoms with E-state index in [-0.39, 0.29) is 10.0 Å². The smallest absolute Gasteiger partial charge is 0.264 e. The average molecular weight is 566 g/mol. The first-order valence-electron chi connectivity index (χ1n) is 12.2. The predicted octanol–water partition coefficient (Wildman–Crippen LogP) is 4.89. The van der Waals surface area contributed by atoms with E-state index in [1.165, 1.54) is 18.3 Å². The van der Waals surface area contributed by atoms with E-state index in [0.717, 1.165) is 21.2 Å². The van der Waals surface area contributed by atoms with E-state index in [1.807, 2.05) is 51.1 Å². The van der Waals surface area contributed by atoms with Gasteiger partial charge in [0.2, 0.25) is 0 Å². The van der Waals surface area contributed by atoms with Crippen molar-refractivity contribution in [3.05, 3.63) is 101 Å². The normalized spacial score (nSPS) is 11.5. The topological polar surface area (TPSA) is 106 Å². The largest absolute Gasteiger partial charge is 0.494 e. The van der Waals surface area contributed by atoms with Gasteiger partial charge in [0, 0.05) is 0 Å². The third kappa shape index (κ3) is 6.47. The van der Waals surface area contributed by atoms with Gasteiger partial charge in [-0.25, -0.2) is 18.5 Å². The second kappa shape index (κ2) is 12.1. The standard InChI is InChI=1S/C28H28ClN5O4S/c1-4-38-24-14-12-22(13-15-24)33(39(36,37)25-16-10-20(2)11-17-25)19-27(35)31-30-18-26-21(3)34(32-28(26)29)23-8-6-5-7-9-23/h5-18H,4,19H2,1-3H3,(H,31,35)/b30-18-. The molecule has 11 heteroatoms. The molecule has 0 unspecified atom stereocenters. The van der Waals surface area contributed by atoms with Crippen molar-refractivity contribution in [2.75, 3.05) is 17.5 Å². The number of rotatable bonds is 10. The molecule has 4 rings (SSSR count). The van der Waals surface area contributed by atoms with Crippen molar-refractivity contribution in [3.8, 4) is 11.4 Å². The molecule has 202 valence electrons. The summed E-state index contributed by atoms with van der Waals surface area (Å²) in [5.41, 5.74) is 5.70. The first-order valence-corrected chi connectivity index (χ1v) is 14.0. The summed E-state index contributed by atoms with van der Waals surface area (Å²) in [6.45, 7) is 5.52. The molecular formula is C28H28ClN5O4S. The molecule has 1 heterocycles. The minimum absolute atomic E-state index is 0.0639. The van der Waals surface area contributed by atoms with E-state index >= 15 is 0 Å². The van der Waals surface area contributed by atoms with Gasteiger partial charge in [-0.1, -0.05) is 47.5 Å². The van der Waals surface area contributed by atoms with Gasteiger partial charge in [0.25, 0.3) is 15.9 Å². The van der Waals surface area contributed by atoms with Crippen LogP contribution in [0.2, 0.25) is 5.15 Å². The predicted molar refractivity (Wildman–Crippen MR) is 152 cm³/mol. The highest BCUT2D eigenvalue weighted by Crippen LogP contribution is 2.26. The van der Waals surface area contributed by atoms with Crippen molar-refractivity contribution in [3.63, 3.8) is 0 Å². The van der Waals surface area contributed by atoms with E-state index in [2.05, 4.69) is 15.6 Å². The zero-order valence-electron chi connectivity index (χ0n) is 21.7. The maximum Gasteiger partial charge on any atom is 0.264 e. The average Bonchev–Trinajstić information content (AvgIpc) is 3.21. The Balaban J connectivity index is 1.56. The number of benzene rings is 3. The molecule has 39 heavy (non-hydrogen) atoms. The van der Waals surface area contributed by atoms with Crippen molar-refractivity contribution >= 4 is 39.4 Å². The first kappa shape index (κ1) is 27.9. The van der Waals surface area contributed by atoms with Gasteiger partial charge in [-0.2, -0.15) is 10.2 Å². The molecule has 0 radical (unpaired) electrons. The molecule has 1 aromatic heterocycles. The summed E-state index contributed by atoms with van der Waals surface area (Å²) in [7, 11) is -4.06. The summed E-state index contributed by atoms with van der Waals surface area (Å²) in [4.78, 5) is 13.0. The lowest BCUT2D eigenvalue weighted by Gasteiger charge is -2.24. The van der Waals surface area contributed by atoms with Crippen LogP contribution in [-0.2, 0) is 14.8 Å². The Labute approximate surface area is 232 Å². The number of anilines is 1. The van der Waals surface area contributed by atoms with Crippen LogP contribution in [0.3, 0.4) is 0 Å². The maximum atomic E-state index is 13.6. The van der Waals surface area contributed by atoms with Gasteiger partial charge in [0.1, 0.15) is 12.3 Å². The van der Waals surface area contributed by atoms with Crippen LogP contribution in [0.1, 0.15) is 23.7 Å². The Morgan fingerprint density at radius 1 is 1.05 bits per heavy atom. The van der Waals surface area contributed by atoms with Crippen molar-refractivity contribution in [2.24, 2.45) is 5.10 Å². The molecule has 1 N–H and O–H groups in total. The van der Waals surface area contributed by atoms with Crippen LogP contribution in [0.5, 0.6) is 5.75 Å². The van der Waals surface area contributed by atoms with Gasteiger partial charge >= 0.3 is 0 Å². The molecule has 0 aliphatic rings. The number of ether oxygens (including phenoxy) is 1. The fourth-order valence-electron chi connectivity index (χ4n) is 3.81. The number of aryl methyl sites for hydroxylation is 1. The maximum absolute atomic E-state index is 13.6. The van der Waals surface area contributed by atoms with Gasteiger partial charge in [0.05, 0.1) is 40.3 Å². The molecule has 0 saturated heterocycles. The Kier molecular flexibility index (Phi) is 8.68. The SMILES string of the molecule is CCOc1ccc(N(CC(=O)N/N=C\c2c(Cl)nn(-c3ccccc3)c2C)S(=O)(=O)c2ccc(C)cc2)cc1.